The number of amides is 2. The van der Waals surface area contributed by atoms with Crippen LogP contribution < -0.4 is 10.6 Å². The van der Waals surface area contributed by atoms with Gasteiger partial charge in [0.05, 0.1) is 12.6 Å². The van der Waals surface area contributed by atoms with E-state index in [1.807, 2.05) is 42.5 Å². The van der Waals surface area contributed by atoms with Crippen molar-refractivity contribution in [1.29, 1.82) is 0 Å². The molecule has 1 aliphatic carbocycles. The molecule has 1 atom stereocenters. The Labute approximate surface area is 147 Å². The van der Waals surface area contributed by atoms with Gasteiger partial charge in [-0.2, -0.15) is 0 Å². The Morgan fingerprint density at radius 1 is 1.04 bits per heavy atom. The number of carbonyl (C=O) groups excluding carboxylic acids is 2. The smallest absolute Gasteiger partial charge is 0.239 e. The van der Waals surface area contributed by atoms with Crippen molar-refractivity contribution < 1.29 is 14.7 Å². The Bertz CT molecular complexity index is 753. The summed E-state index contributed by atoms with van der Waals surface area (Å²) in [6.45, 7) is 0.0796. The summed E-state index contributed by atoms with van der Waals surface area (Å²) in [7, 11) is 0. The topological polar surface area (TPSA) is 78.4 Å². The van der Waals surface area contributed by atoms with Crippen LogP contribution in [-0.4, -0.2) is 30.0 Å². The average Bonchev–Trinajstić information content (AvgIpc) is 3.18. The summed E-state index contributed by atoms with van der Waals surface area (Å²) >= 11 is 0. The maximum Gasteiger partial charge on any atom is 0.239 e. The normalized spacial score (nSPS) is 15.9. The molecule has 1 saturated carbocycles. The lowest BCUT2D eigenvalue weighted by Crippen LogP contribution is -2.40. The Hall–Kier alpha value is -2.40. The predicted molar refractivity (Wildman–Crippen MR) is 96.9 cm³/mol. The van der Waals surface area contributed by atoms with E-state index in [-0.39, 0.29) is 30.8 Å². The zero-order chi connectivity index (χ0) is 17.6. The number of benzene rings is 2. The van der Waals surface area contributed by atoms with Crippen molar-refractivity contribution in [1.82, 2.24) is 10.6 Å². The predicted octanol–water partition coefficient (Wildman–Crippen LogP) is 2.30. The Morgan fingerprint density at radius 2 is 1.76 bits per heavy atom. The SMILES string of the molecule is O=C(CNC(=O)C1CCCC1)NCC(O)c1ccc2ccccc2c1. The van der Waals surface area contributed by atoms with Gasteiger partial charge in [-0.25, -0.2) is 0 Å². The van der Waals surface area contributed by atoms with Crippen LogP contribution in [-0.2, 0) is 9.59 Å². The van der Waals surface area contributed by atoms with Crippen molar-refractivity contribution in [3.63, 3.8) is 0 Å². The molecule has 1 aliphatic rings. The highest BCUT2D eigenvalue weighted by atomic mass is 16.3. The van der Waals surface area contributed by atoms with Gasteiger partial charge in [0, 0.05) is 12.5 Å². The van der Waals surface area contributed by atoms with Gasteiger partial charge in [0.15, 0.2) is 0 Å². The molecule has 0 spiro atoms. The number of rotatable bonds is 6. The van der Waals surface area contributed by atoms with Gasteiger partial charge in [-0.3, -0.25) is 9.59 Å². The summed E-state index contributed by atoms with van der Waals surface area (Å²) < 4.78 is 0. The fourth-order valence-electron chi connectivity index (χ4n) is 3.31. The number of aliphatic hydroxyl groups is 1. The lowest BCUT2D eigenvalue weighted by atomic mass is 10.0. The zero-order valence-corrected chi connectivity index (χ0v) is 14.2. The van der Waals surface area contributed by atoms with Gasteiger partial charge in [-0.05, 0) is 35.2 Å². The molecule has 0 bridgehead atoms. The first-order valence-corrected chi connectivity index (χ1v) is 8.84. The van der Waals surface area contributed by atoms with Crippen LogP contribution in [0.1, 0.15) is 37.4 Å². The third-order valence-corrected chi connectivity index (χ3v) is 4.80. The zero-order valence-electron chi connectivity index (χ0n) is 14.2. The van der Waals surface area contributed by atoms with Gasteiger partial charge in [-0.1, -0.05) is 49.2 Å². The van der Waals surface area contributed by atoms with Gasteiger partial charge in [0.1, 0.15) is 0 Å². The fourth-order valence-corrected chi connectivity index (χ4v) is 3.31. The van der Waals surface area contributed by atoms with Crippen LogP contribution in [0.5, 0.6) is 0 Å². The van der Waals surface area contributed by atoms with Crippen molar-refractivity contribution in [2.75, 3.05) is 13.1 Å². The first-order valence-electron chi connectivity index (χ1n) is 8.84. The molecule has 5 nitrogen and oxygen atoms in total. The van der Waals surface area contributed by atoms with Crippen LogP contribution in [0.4, 0.5) is 0 Å². The van der Waals surface area contributed by atoms with Crippen LogP contribution in [0.25, 0.3) is 10.8 Å². The van der Waals surface area contributed by atoms with Gasteiger partial charge >= 0.3 is 0 Å². The summed E-state index contributed by atoms with van der Waals surface area (Å²) in [5.74, 6) is -0.273. The number of hydrogen-bond acceptors (Lipinski definition) is 3. The monoisotopic (exact) mass is 340 g/mol. The largest absolute Gasteiger partial charge is 0.387 e. The van der Waals surface area contributed by atoms with Crippen LogP contribution in [0.15, 0.2) is 42.5 Å². The first kappa shape index (κ1) is 17.4. The van der Waals surface area contributed by atoms with E-state index in [9.17, 15) is 14.7 Å². The minimum atomic E-state index is -0.779. The molecule has 5 heteroatoms. The molecule has 2 aromatic carbocycles. The van der Waals surface area contributed by atoms with Crippen LogP contribution in [0.2, 0.25) is 0 Å². The van der Waals surface area contributed by atoms with E-state index >= 15 is 0 Å². The Kier molecular flexibility index (Phi) is 5.66. The van der Waals surface area contributed by atoms with Crippen molar-refractivity contribution in [3.8, 4) is 0 Å². The molecule has 0 aliphatic heterocycles. The van der Waals surface area contributed by atoms with Crippen LogP contribution in [0, 0.1) is 5.92 Å². The molecule has 25 heavy (non-hydrogen) atoms. The van der Waals surface area contributed by atoms with Gasteiger partial charge in [0.2, 0.25) is 11.8 Å². The minimum absolute atomic E-state index is 0.0391. The number of fused-ring (bicyclic) bond motifs is 1. The van der Waals surface area contributed by atoms with E-state index in [0.29, 0.717) is 0 Å². The van der Waals surface area contributed by atoms with Crippen LogP contribution in [0.3, 0.4) is 0 Å². The summed E-state index contributed by atoms with van der Waals surface area (Å²) in [5.41, 5.74) is 0.758. The summed E-state index contributed by atoms with van der Waals surface area (Å²) in [5, 5.41) is 17.8. The third-order valence-electron chi connectivity index (χ3n) is 4.80. The molecule has 2 amide bonds. The summed E-state index contributed by atoms with van der Waals surface area (Å²) in [4.78, 5) is 23.8. The van der Waals surface area contributed by atoms with Gasteiger partial charge in [0.25, 0.3) is 0 Å². The summed E-state index contributed by atoms with van der Waals surface area (Å²) in [6.07, 6.45) is 3.21. The maximum absolute atomic E-state index is 11.9. The molecule has 2 aromatic rings. The highest BCUT2D eigenvalue weighted by molar-refractivity contribution is 5.86. The first-order chi connectivity index (χ1) is 12.1. The Morgan fingerprint density at radius 3 is 2.52 bits per heavy atom. The molecular weight excluding hydrogens is 316 g/mol. The molecule has 1 fully saturated rings. The second kappa shape index (κ2) is 8.12. The summed E-state index contributed by atoms with van der Waals surface area (Å²) in [6, 6.07) is 13.7. The highest BCUT2D eigenvalue weighted by Gasteiger charge is 2.22. The minimum Gasteiger partial charge on any atom is -0.387 e. The van der Waals surface area contributed by atoms with E-state index in [4.69, 9.17) is 0 Å². The van der Waals surface area contributed by atoms with Crippen molar-refractivity contribution in [3.05, 3.63) is 48.0 Å². The van der Waals surface area contributed by atoms with E-state index in [1.54, 1.807) is 0 Å². The molecule has 132 valence electrons. The third kappa shape index (κ3) is 4.57. The number of carbonyl (C=O) groups is 2. The fraction of sp³-hybridized carbons (Fsp3) is 0.400. The van der Waals surface area contributed by atoms with E-state index in [0.717, 1.165) is 42.0 Å². The molecule has 3 rings (SSSR count). The van der Waals surface area contributed by atoms with E-state index in [2.05, 4.69) is 10.6 Å². The van der Waals surface area contributed by atoms with E-state index < -0.39 is 6.10 Å². The van der Waals surface area contributed by atoms with Gasteiger partial charge < -0.3 is 15.7 Å². The van der Waals surface area contributed by atoms with Crippen molar-refractivity contribution >= 4 is 22.6 Å². The number of hydrogen-bond donors (Lipinski definition) is 3. The molecule has 0 saturated heterocycles. The number of aliphatic hydroxyl groups excluding tert-OH is 1. The lowest BCUT2D eigenvalue weighted by molar-refractivity contribution is -0.128. The maximum atomic E-state index is 11.9. The highest BCUT2D eigenvalue weighted by Crippen LogP contribution is 2.24. The quantitative estimate of drug-likeness (QED) is 0.755. The van der Waals surface area contributed by atoms with Crippen molar-refractivity contribution in [2.24, 2.45) is 5.92 Å². The van der Waals surface area contributed by atoms with E-state index in [1.165, 1.54) is 0 Å². The molecule has 0 radical (unpaired) electrons. The van der Waals surface area contributed by atoms with Gasteiger partial charge in [-0.15, -0.1) is 0 Å². The number of nitrogens with one attached hydrogen (secondary N) is 2. The van der Waals surface area contributed by atoms with Crippen LogP contribution >= 0.6 is 0 Å². The Balaban J connectivity index is 1.46. The average molecular weight is 340 g/mol. The lowest BCUT2D eigenvalue weighted by Gasteiger charge is -2.14. The second-order valence-electron chi connectivity index (χ2n) is 6.63. The molecule has 3 N–H and O–H groups in total. The second-order valence-corrected chi connectivity index (χ2v) is 6.63. The molecule has 0 aromatic heterocycles. The molecular formula is C20H24N2O3. The standard InChI is InChI=1S/C20H24N2O3/c23-18(17-10-9-14-5-1-4-8-16(14)11-17)12-21-19(24)13-22-20(25)15-6-2-3-7-15/h1,4-5,8-11,15,18,23H,2-3,6-7,12-13H2,(H,21,24)(H,22,25). The molecule has 0 heterocycles. The van der Waals surface area contributed by atoms with Crippen molar-refractivity contribution in [2.45, 2.75) is 31.8 Å². The molecule has 1 unspecified atom stereocenters.